The van der Waals surface area contributed by atoms with Gasteiger partial charge in [-0.2, -0.15) is 0 Å². The Morgan fingerprint density at radius 3 is 1.67 bits per heavy atom. The van der Waals surface area contributed by atoms with Crippen molar-refractivity contribution in [2.24, 2.45) is 17.8 Å². The fraction of sp³-hybridized carbons (Fsp3) is 0.855. The van der Waals surface area contributed by atoms with Crippen molar-refractivity contribution in [3.05, 3.63) is 61.3 Å². The molecule has 24 nitrogen and oxygen atoms in total. The first-order chi connectivity index (χ1) is 44.0. The topological polar surface area (TPSA) is 464 Å². The van der Waals surface area contributed by atoms with Gasteiger partial charge in [0.2, 0.25) is 0 Å². The summed E-state index contributed by atoms with van der Waals surface area (Å²) in [6, 6.07) is 0. The normalized spacial score (nSPS) is 27.9. The molecular formula is C69H126O24. The molecular weight excluding hydrogens is 1210 g/mol. The minimum absolute atomic E-state index is 0.0239. The van der Waals surface area contributed by atoms with Crippen LogP contribution in [0, 0.1) is 17.8 Å². The Bertz CT molecular complexity index is 2020. The quantitative estimate of drug-likeness (QED) is 0.0229. The molecule has 546 valence electrons. The van der Waals surface area contributed by atoms with Gasteiger partial charge in [-0.25, -0.2) is 0 Å². The molecule has 0 amide bonds. The van der Waals surface area contributed by atoms with Gasteiger partial charge in [-0.15, -0.1) is 0 Å². The van der Waals surface area contributed by atoms with Gasteiger partial charge >= 0.3 is 0 Å². The van der Waals surface area contributed by atoms with Gasteiger partial charge in [-0.1, -0.05) is 121 Å². The van der Waals surface area contributed by atoms with E-state index < -0.39 is 177 Å². The second-order valence-electron chi connectivity index (χ2n) is 27.0. The fourth-order valence-corrected chi connectivity index (χ4v) is 12.4. The molecule has 0 aromatic heterocycles. The third-order valence-corrected chi connectivity index (χ3v) is 18.9. The minimum atomic E-state index is -1.87. The van der Waals surface area contributed by atoms with E-state index in [1.165, 1.54) is 25.3 Å². The van der Waals surface area contributed by atoms with E-state index >= 15 is 0 Å². The Morgan fingerprint density at radius 1 is 0.484 bits per heavy atom. The first kappa shape index (κ1) is 86.8. The predicted octanol–water partition coefficient (Wildman–Crippen LogP) is 0.944. The summed E-state index contributed by atoms with van der Waals surface area (Å²) in [4.78, 5) is 0. The van der Waals surface area contributed by atoms with E-state index in [0.29, 0.717) is 44.9 Å². The zero-order valence-electron chi connectivity index (χ0n) is 55.6. The van der Waals surface area contributed by atoms with Crippen LogP contribution in [0.5, 0.6) is 0 Å². The molecule has 2 rings (SSSR count). The third-order valence-electron chi connectivity index (χ3n) is 18.9. The molecule has 93 heavy (non-hydrogen) atoms. The average Bonchev–Trinajstić information content (AvgIpc) is 0.832. The highest BCUT2D eigenvalue weighted by atomic mass is 16.6. The number of hydrogen-bond acceptors (Lipinski definition) is 24. The molecule has 28 unspecified atom stereocenters. The van der Waals surface area contributed by atoms with Crippen LogP contribution in [-0.2, 0) is 9.47 Å². The first-order valence-corrected chi connectivity index (χ1v) is 34.5. The molecule has 2 fully saturated rings. The molecule has 0 spiro atoms. The maximum Gasteiger partial charge on any atom is 0.115 e. The Labute approximate surface area is 552 Å². The van der Waals surface area contributed by atoms with E-state index in [4.69, 9.17) is 14.6 Å². The van der Waals surface area contributed by atoms with Crippen LogP contribution in [0.4, 0.5) is 0 Å². The number of aliphatic hydroxyl groups is 22. The average molecular weight is 1340 g/mol. The molecule has 2 heterocycles. The summed E-state index contributed by atoms with van der Waals surface area (Å²) >= 11 is 0. The van der Waals surface area contributed by atoms with E-state index in [0.717, 1.165) is 38.5 Å². The predicted molar refractivity (Wildman–Crippen MR) is 349 cm³/mol. The number of hydrogen-bond donors (Lipinski definition) is 22. The van der Waals surface area contributed by atoms with Gasteiger partial charge in [0, 0.05) is 12.8 Å². The Kier molecular flexibility index (Phi) is 44.5. The van der Waals surface area contributed by atoms with Gasteiger partial charge < -0.3 is 122 Å². The molecule has 0 aromatic carbocycles. The maximum atomic E-state index is 11.2. The SMILES string of the molecule is C=CC=CCCCCCCCCCCC=CC(O)C(O)C1OC(C(O)C(O)C(=C)CCC(O)C2OC(CC(O)C(O)C(C)CCCC(O)C(O)C(O)C(C)CCC(O)C(O)C(C)CC(O)CCCC(O)CCCC(O)C=CCC(O)CO)C(O)C(O)C2O)CC(O)C1O. The highest BCUT2D eigenvalue weighted by Gasteiger charge is 2.49. The second kappa shape index (κ2) is 47.7. The van der Waals surface area contributed by atoms with Crippen LogP contribution < -0.4 is 0 Å². The summed E-state index contributed by atoms with van der Waals surface area (Å²) in [5, 5.41) is 235. The molecule has 28 atom stereocenters. The number of allylic oxidation sites excluding steroid dienone is 4. The largest absolute Gasteiger partial charge is 0.394 e. The molecule has 0 bridgehead atoms. The lowest BCUT2D eigenvalue weighted by Gasteiger charge is -2.43. The van der Waals surface area contributed by atoms with Crippen LogP contribution in [0.25, 0.3) is 0 Å². The van der Waals surface area contributed by atoms with Gasteiger partial charge in [0.05, 0.1) is 92.1 Å². The highest BCUT2D eigenvalue weighted by molar-refractivity contribution is 5.09. The van der Waals surface area contributed by atoms with Crippen LogP contribution in [0.1, 0.15) is 194 Å². The Morgan fingerprint density at radius 2 is 1.04 bits per heavy atom. The van der Waals surface area contributed by atoms with Crippen molar-refractivity contribution in [3.63, 3.8) is 0 Å². The van der Waals surface area contributed by atoms with Crippen LogP contribution >= 0.6 is 0 Å². The van der Waals surface area contributed by atoms with Gasteiger partial charge in [0.1, 0.15) is 67.1 Å². The van der Waals surface area contributed by atoms with E-state index in [9.17, 15) is 107 Å². The Balaban J connectivity index is 1.78. The maximum absolute atomic E-state index is 11.2. The lowest BCUT2D eigenvalue weighted by atomic mass is 9.85. The molecule has 24 heteroatoms. The van der Waals surface area contributed by atoms with Crippen molar-refractivity contribution in [3.8, 4) is 0 Å². The van der Waals surface area contributed by atoms with Gasteiger partial charge in [0.15, 0.2) is 0 Å². The molecule has 2 aliphatic heterocycles. The fourth-order valence-electron chi connectivity index (χ4n) is 12.4. The monoisotopic (exact) mass is 1340 g/mol. The summed E-state index contributed by atoms with van der Waals surface area (Å²) in [5.41, 5.74) is -0.0399. The van der Waals surface area contributed by atoms with Gasteiger partial charge in [-0.05, 0) is 139 Å². The zero-order chi connectivity index (χ0) is 69.9. The van der Waals surface area contributed by atoms with Crippen molar-refractivity contribution in [1.82, 2.24) is 0 Å². The van der Waals surface area contributed by atoms with Crippen LogP contribution in [0.3, 0.4) is 0 Å². The lowest BCUT2D eigenvalue weighted by Crippen LogP contribution is -2.61. The number of aliphatic hydroxyl groups excluding tert-OH is 22. The summed E-state index contributed by atoms with van der Waals surface area (Å²) in [7, 11) is 0. The first-order valence-electron chi connectivity index (χ1n) is 34.5. The van der Waals surface area contributed by atoms with Crippen molar-refractivity contribution < 1.29 is 122 Å². The van der Waals surface area contributed by atoms with E-state index in [1.54, 1.807) is 45.1 Å². The van der Waals surface area contributed by atoms with Crippen molar-refractivity contribution in [2.45, 2.75) is 347 Å². The van der Waals surface area contributed by atoms with Crippen molar-refractivity contribution >= 4 is 0 Å². The van der Waals surface area contributed by atoms with Crippen LogP contribution in [-0.4, -0.2) is 272 Å². The number of unbranched alkanes of at least 4 members (excludes halogenated alkanes) is 9. The van der Waals surface area contributed by atoms with Gasteiger partial charge in [-0.3, -0.25) is 0 Å². The molecule has 22 N–H and O–H groups in total. The standard InChI is InChI=1S/C69H126O24/c1-6-7-8-9-10-11-12-13-14-15-16-17-18-19-31-50(76)62(86)69-63(87)54(80)39-55(93-69)64(88)60(84)43(4)34-36-52(78)68-67(91)66(90)65(89)56(92-68)38-53(79)57(81)41(2)24-20-32-49(75)61(85)59(83)42(3)33-35-51(77)58(82)44(5)37-47(73)29-22-27-45(71)25-21-26-46(72)28-23-30-48(74)40-70/h6-8,19,23,28,31,41-42,44-91H,1,4,9-18,20-22,24-27,29-30,32-40H2,2-3,5H3. The molecule has 0 aromatic rings. The smallest absolute Gasteiger partial charge is 0.115 e. The Hall–Kier alpha value is -2.26. The summed E-state index contributed by atoms with van der Waals surface area (Å²) in [6.45, 7) is 12.0. The third kappa shape index (κ3) is 32.5. The molecule has 2 saturated heterocycles. The van der Waals surface area contributed by atoms with Gasteiger partial charge in [0.25, 0.3) is 0 Å². The summed E-state index contributed by atoms with van der Waals surface area (Å²) < 4.78 is 11.6. The second-order valence-corrected chi connectivity index (χ2v) is 27.0. The van der Waals surface area contributed by atoms with Crippen molar-refractivity contribution in [2.75, 3.05) is 6.61 Å². The molecule has 0 saturated carbocycles. The highest BCUT2D eigenvalue weighted by Crippen LogP contribution is 2.33. The van der Waals surface area contributed by atoms with Crippen molar-refractivity contribution in [1.29, 1.82) is 0 Å². The van der Waals surface area contributed by atoms with Crippen LogP contribution in [0.15, 0.2) is 61.3 Å². The zero-order valence-corrected chi connectivity index (χ0v) is 55.6. The summed E-state index contributed by atoms with van der Waals surface area (Å²) in [5.74, 6) is -1.78. The number of rotatable bonds is 52. The van der Waals surface area contributed by atoms with Crippen LogP contribution in [0.2, 0.25) is 0 Å². The van der Waals surface area contributed by atoms with E-state index in [-0.39, 0.29) is 76.4 Å². The lowest BCUT2D eigenvalue weighted by molar-refractivity contribution is -0.250. The summed E-state index contributed by atoms with van der Waals surface area (Å²) in [6.07, 6.45) is -10.8. The molecule has 2 aliphatic rings. The molecule has 0 aliphatic carbocycles. The van der Waals surface area contributed by atoms with E-state index in [1.807, 2.05) is 6.08 Å². The molecule has 0 radical (unpaired) electrons. The van der Waals surface area contributed by atoms with E-state index in [2.05, 4.69) is 19.2 Å². The number of ether oxygens (including phenoxy) is 2. The minimum Gasteiger partial charge on any atom is -0.394 e.